The molecule has 0 unspecified atom stereocenters. The van der Waals surface area contributed by atoms with E-state index in [0.29, 0.717) is 0 Å². The minimum atomic E-state index is 0.267. The van der Waals surface area contributed by atoms with Gasteiger partial charge in [-0.3, -0.25) is 5.01 Å². The minimum Gasteiger partial charge on any atom is -0.278 e. The van der Waals surface area contributed by atoms with E-state index >= 15 is 0 Å². The second-order valence-corrected chi connectivity index (χ2v) is 4.06. The molecule has 0 aliphatic carbocycles. The number of hydrogen-bond acceptors (Lipinski definition) is 2. The van der Waals surface area contributed by atoms with E-state index in [9.17, 15) is 0 Å². The van der Waals surface area contributed by atoms with Gasteiger partial charge < -0.3 is 0 Å². The van der Waals surface area contributed by atoms with Crippen LogP contribution < -0.4 is 0 Å². The average molecular weight is 183 g/mol. The van der Waals surface area contributed by atoms with Crippen LogP contribution in [0.2, 0.25) is 0 Å². The van der Waals surface area contributed by atoms with Gasteiger partial charge in [-0.25, -0.2) is 0 Å². The number of hydrogen-bond donors (Lipinski definition) is 1. The summed E-state index contributed by atoms with van der Waals surface area (Å²) in [5, 5.41) is 4.91. The van der Waals surface area contributed by atoms with Crippen LogP contribution in [0.1, 0.15) is 34.1 Å². The zero-order valence-corrected chi connectivity index (χ0v) is 9.39. The van der Waals surface area contributed by atoms with Gasteiger partial charge in [0.25, 0.3) is 0 Å². The number of likely N-dealkylation sites (N-methyl/N-ethyl adjacent to an activating group) is 1. The van der Waals surface area contributed by atoms with E-state index in [0.717, 1.165) is 13.0 Å². The summed E-state index contributed by atoms with van der Waals surface area (Å²) < 4.78 is 0. The van der Waals surface area contributed by atoms with Gasteiger partial charge in [-0.05, 0) is 18.8 Å². The van der Waals surface area contributed by atoms with E-state index in [1.165, 1.54) is 5.57 Å². The van der Waals surface area contributed by atoms with Gasteiger partial charge in [0, 0.05) is 7.05 Å². The van der Waals surface area contributed by atoms with Gasteiger partial charge >= 0.3 is 0 Å². The standard InChI is InChI=1S/C10H21N3/c1-6-10(3,4)9(2)7-8-13(5)12-11/h7,11H,6,8H2,1-5H3. The highest BCUT2D eigenvalue weighted by molar-refractivity contribution is 5.09. The molecule has 13 heavy (non-hydrogen) atoms. The lowest BCUT2D eigenvalue weighted by Crippen LogP contribution is -2.15. The van der Waals surface area contributed by atoms with Crippen molar-refractivity contribution < 1.29 is 0 Å². The molecule has 0 spiro atoms. The van der Waals surface area contributed by atoms with Crippen LogP contribution in [0.25, 0.3) is 0 Å². The first-order valence-electron chi connectivity index (χ1n) is 4.69. The molecule has 0 aliphatic rings. The molecule has 76 valence electrons. The molecule has 0 heterocycles. The summed E-state index contributed by atoms with van der Waals surface area (Å²) in [6, 6.07) is 0. The third kappa shape index (κ3) is 4.06. The van der Waals surface area contributed by atoms with E-state index in [-0.39, 0.29) is 5.41 Å². The Labute approximate surface area is 81.3 Å². The Bertz CT molecular complexity index is 194. The van der Waals surface area contributed by atoms with Gasteiger partial charge in [-0.1, -0.05) is 37.6 Å². The summed E-state index contributed by atoms with van der Waals surface area (Å²) in [6.45, 7) is 9.52. The quantitative estimate of drug-likeness (QED) is 0.396. The summed E-state index contributed by atoms with van der Waals surface area (Å²) >= 11 is 0. The first kappa shape index (κ1) is 12.1. The second kappa shape index (κ2) is 5.00. The Kier molecular flexibility index (Phi) is 4.67. The summed E-state index contributed by atoms with van der Waals surface area (Å²) in [4.78, 5) is 0. The molecule has 0 amide bonds. The highest BCUT2D eigenvalue weighted by Crippen LogP contribution is 2.28. The van der Waals surface area contributed by atoms with E-state index in [2.05, 4.69) is 39.0 Å². The molecule has 0 aliphatic heterocycles. The van der Waals surface area contributed by atoms with Crippen molar-refractivity contribution in [3.05, 3.63) is 11.6 Å². The molecule has 0 bridgehead atoms. The van der Waals surface area contributed by atoms with E-state index in [1.54, 1.807) is 12.1 Å². The van der Waals surface area contributed by atoms with E-state index < -0.39 is 0 Å². The molecule has 0 atom stereocenters. The molecular formula is C10H21N3. The van der Waals surface area contributed by atoms with Crippen LogP contribution in [0.5, 0.6) is 0 Å². The van der Waals surface area contributed by atoms with Gasteiger partial charge in [0.15, 0.2) is 0 Å². The van der Waals surface area contributed by atoms with Crippen molar-refractivity contribution in [3.8, 4) is 0 Å². The predicted molar refractivity (Wildman–Crippen MR) is 55.6 cm³/mol. The molecular weight excluding hydrogens is 162 g/mol. The molecule has 0 radical (unpaired) electrons. The first-order valence-corrected chi connectivity index (χ1v) is 4.69. The Hall–Kier alpha value is -0.860. The maximum absolute atomic E-state index is 6.78. The van der Waals surface area contributed by atoms with Crippen LogP contribution in [0.3, 0.4) is 0 Å². The van der Waals surface area contributed by atoms with Crippen LogP contribution in [0, 0.1) is 10.9 Å². The van der Waals surface area contributed by atoms with Crippen molar-refractivity contribution >= 4 is 0 Å². The lowest BCUT2D eigenvalue weighted by atomic mass is 9.82. The fourth-order valence-electron chi connectivity index (χ4n) is 0.865. The predicted octanol–water partition coefficient (Wildman–Crippen LogP) is 3.25. The van der Waals surface area contributed by atoms with Crippen LogP contribution in [0.4, 0.5) is 0 Å². The maximum atomic E-state index is 6.78. The number of allylic oxidation sites excluding steroid dienone is 1. The van der Waals surface area contributed by atoms with Crippen molar-refractivity contribution in [1.82, 2.24) is 5.01 Å². The molecule has 0 rings (SSSR count). The highest BCUT2D eigenvalue weighted by atomic mass is 15.5. The van der Waals surface area contributed by atoms with Crippen LogP contribution in [-0.4, -0.2) is 18.6 Å². The van der Waals surface area contributed by atoms with E-state index in [4.69, 9.17) is 5.53 Å². The van der Waals surface area contributed by atoms with Crippen molar-refractivity contribution in [2.45, 2.75) is 34.1 Å². The van der Waals surface area contributed by atoms with Gasteiger partial charge in [-0.2, -0.15) is 5.53 Å². The highest BCUT2D eigenvalue weighted by Gasteiger charge is 2.16. The van der Waals surface area contributed by atoms with Gasteiger partial charge in [0.1, 0.15) is 0 Å². The van der Waals surface area contributed by atoms with Crippen LogP contribution in [0.15, 0.2) is 16.9 Å². The first-order chi connectivity index (χ1) is 5.94. The zero-order chi connectivity index (χ0) is 10.5. The summed E-state index contributed by atoms with van der Waals surface area (Å²) in [7, 11) is 1.80. The smallest absolute Gasteiger partial charge is 0.0557 e. The summed E-state index contributed by atoms with van der Waals surface area (Å²) in [5.41, 5.74) is 8.41. The Morgan fingerprint density at radius 2 is 2.08 bits per heavy atom. The van der Waals surface area contributed by atoms with Gasteiger partial charge in [0.2, 0.25) is 0 Å². The van der Waals surface area contributed by atoms with Crippen molar-refractivity contribution in [1.29, 1.82) is 5.53 Å². The maximum Gasteiger partial charge on any atom is 0.0557 e. The monoisotopic (exact) mass is 183 g/mol. The Balaban J connectivity index is 4.24. The normalized spacial score (nSPS) is 12.8. The number of nitrogens with zero attached hydrogens (tertiary/aromatic N) is 2. The molecule has 0 aromatic carbocycles. The third-order valence-corrected chi connectivity index (χ3v) is 2.78. The van der Waals surface area contributed by atoms with Crippen molar-refractivity contribution in [2.24, 2.45) is 10.6 Å². The van der Waals surface area contributed by atoms with Crippen LogP contribution >= 0.6 is 0 Å². The lowest BCUT2D eigenvalue weighted by Gasteiger charge is -2.24. The lowest BCUT2D eigenvalue weighted by molar-refractivity contribution is 0.350. The average Bonchev–Trinajstić information content (AvgIpc) is 2.13. The molecule has 0 saturated carbocycles. The Morgan fingerprint density at radius 1 is 1.54 bits per heavy atom. The minimum absolute atomic E-state index is 0.267. The summed E-state index contributed by atoms with van der Waals surface area (Å²) in [6.07, 6.45) is 3.28. The molecule has 0 aromatic rings. The van der Waals surface area contributed by atoms with Gasteiger partial charge in [0.05, 0.1) is 6.54 Å². The number of nitrogens with one attached hydrogen (secondary N) is 1. The summed E-state index contributed by atoms with van der Waals surface area (Å²) in [5.74, 6) is 0. The third-order valence-electron chi connectivity index (χ3n) is 2.78. The molecule has 3 nitrogen and oxygen atoms in total. The molecule has 0 fully saturated rings. The second-order valence-electron chi connectivity index (χ2n) is 4.06. The van der Waals surface area contributed by atoms with Crippen molar-refractivity contribution in [3.63, 3.8) is 0 Å². The topological polar surface area (TPSA) is 39.5 Å². The van der Waals surface area contributed by atoms with Crippen molar-refractivity contribution in [2.75, 3.05) is 13.6 Å². The molecule has 3 heteroatoms. The largest absolute Gasteiger partial charge is 0.278 e. The zero-order valence-electron chi connectivity index (χ0n) is 9.39. The molecule has 0 aromatic heterocycles. The number of rotatable bonds is 5. The fourth-order valence-corrected chi connectivity index (χ4v) is 0.865. The fraction of sp³-hybridized carbons (Fsp3) is 0.800. The molecule has 1 N–H and O–H groups in total. The van der Waals surface area contributed by atoms with Gasteiger partial charge in [-0.15, -0.1) is 0 Å². The molecule has 0 saturated heterocycles. The SMILES string of the molecule is CCC(C)(C)C(C)=CCN(C)N=N. The Morgan fingerprint density at radius 3 is 2.46 bits per heavy atom. The van der Waals surface area contributed by atoms with E-state index in [1.807, 2.05) is 0 Å². The van der Waals surface area contributed by atoms with Crippen LogP contribution in [-0.2, 0) is 0 Å².